The van der Waals surface area contributed by atoms with Gasteiger partial charge in [-0.15, -0.1) is 0 Å². The lowest BCUT2D eigenvalue weighted by atomic mass is 9.80. The van der Waals surface area contributed by atoms with Crippen molar-refractivity contribution in [3.63, 3.8) is 0 Å². The van der Waals surface area contributed by atoms with Crippen molar-refractivity contribution in [1.29, 1.82) is 0 Å². The number of carbonyl (C=O) groups is 1. The van der Waals surface area contributed by atoms with E-state index >= 15 is 0 Å². The van der Waals surface area contributed by atoms with Gasteiger partial charge in [-0.25, -0.2) is 0 Å². The van der Waals surface area contributed by atoms with Crippen LogP contribution in [0.2, 0.25) is 0 Å². The minimum Gasteiger partial charge on any atom is -0.350 e. The highest BCUT2D eigenvalue weighted by molar-refractivity contribution is 5.92. The molecule has 0 aromatic carbocycles. The molecular weight excluding hydrogens is 276 g/mol. The zero-order valence-electron chi connectivity index (χ0n) is 14.2. The molecule has 2 heterocycles. The molecule has 1 saturated heterocycles. The van der Waals surface area contributed by atoms with Crippen molar-refractivity contribution in [3.8, 4) is 0 Å². The first-order valence-corrected chi connectivity index (χ1v) is 8.68. The third-order valence-corrected chi connectivity index (χ3v) is 5.36. The molecule has 1 unspecified atom stereocenters. The molecule has 1 aliphatic rings. The Bertz CT molecular complexity index is 464. The van der Waals surface area contributed by atoms with Gasteiger partial charge in [0.15, 0.2) is 0 Å². The van der Waals surface area contributed by atoms with Crippen LogP contribution in [0, 0.1) is 5.41 Å². The van der Waals surface area contributed by atoms with Crippen LogP contribution in [0.3, 0.4) is 0 Å². The average Bonchev–Trinajstić information content (AvgIpc) is 3.07. The number of nitrogens with zero attached hydrogens (tertiary/aromatic N) is 2. The number of hydrogen-bond donors (Lipinski definition) is 2. The Hall–Kier alpha value is -1.36. The zero-order chi connectivity index (χ0) is 16.0. The quantitative estimate of drug-likeness (QED) is 0.814. The molecule has 22 heavy (non-hydrogen) atoms. The molecule has 1 fully saturated rings. The molecule has 0 bridgehead atoms. The lowest BCUT2D eigenvalue weighted by molar-refractivity contribution is 0.0917. The normalized spacial score (nSPS) is 19.1. The third-order valence-electron chi connectivity index (χ3n) is 5.36. The molecule has 2 rings (SSSR count). The molecule has 5 heteroatoms. The van der Waals surface area contributed by atoms with Gasteiger partial charge < -0.3 is 10.6 Å². The second kappa shape index (κ2) is 7.77. The van der Waals surface area contributed by atoms with Gasteiger partial charge in [0, 0.05) is 19.3 Å². The number of nitrogens with one attached hydrogen (secondary N) is 2. The highest BCUT2D eigenvalue weighted by atomic mass is 16.1. The molecule has 1 aromatic rings. The van der Waals surface area contributed by atoms with Gasteiger partial charge in [-0.05, 0) is 50.1 Å². The van der Waals surface area contributed by atoms with Crippen LogP contribution >= 0.6 is 0 Å². The van der Waals surface area contributed by atoms with Gasteiger partial charge in [-0.2, -0.15) is 5.10 Å². The first kappa shape index (κ1) is 17.0. The predicted molar refractivity (Wildman–Crippen MR) is 89.0 cm³/mol. The predicted octanol–water partition coefficient (Wildman–Crippen LogP) is 2.75. The molecular formula is C17H30N4O. The number of hydrogen-bond acceptors (Lipinski definition) is 3. The van der Waals surface area contributed by atoms with E-state index in [4.69, 9.17) is 0 Å². The van der Waals surface area contributed by atoms with Crippen LogP contribution in [0.5, 0.6) is 0 Å². The summed E-state index contributed by atoms with van der Waals surface area (Å²) in [4.78, 5) is 12.3. The largest absolute Gasteiger partial charge is 0.350 e. The number of carbonyl (C=O) groups excluding carboxylic acids is 1. The second-order valence-electron chi connectivity index (χ2n) is 6.42. The topological polar surface area (TPSA) is 59.0 Å². The summed E-state index contributed by atoms with van der Waals surface area (Å²) in [7, 11) is 0. The smallest absolute Gasteiger partial charge is 0.271 e. The standard InChI is InChI=1S/C17H30N4O/c1-4-17(5-2,6-3)13-19-16(22)15-9-11-21(20-15)14-8-7-10-18-12-14/h9,11,14,18H,4-8,10,12-13H2,1-3H3,(H,19,22). The molecule has 5 nitrogen and oxygen atoms in total. The molecule has 1 amide bonds. The Morgan fingerprint density at radius 1 is 1.41 bits per heavy atom. The molecule has 0 saturated carbocycles. The van der Waals surface area contributed by atoms with Gasteiger partial charge in [0.05, 0.1) is 6.04 Å². The summed E-state index contributed by atoms with van der Waals surface area (Å²) in [5, 5.41) is 10.9. The van der Waals surface area contributed by atoms with Crippen LogP contribution in [-0.4, -0.2) is 35.3 Å². The van der Waals surface area contributed by atoms with Crippen molar-refractivity contribution < 1.29 is 4.79 Å². The number of amides is 1. The average molecular weight is 306 g/mol. The van der Waals surface area contributed by atoms with Crippen LogP contribution in [0.4, 0.5) is 0 Å². The molecule has 2 N–H and O–H groups in total. The molecule has 124 valence electrons. The van der Waals surface area contributed by atoms with Crippen molar-refractivity contribution >= 4 is 5.91 Å². The van der Waals surface area contributed by atoms with Crippen molar-refractivity contribution in [3.05, 3.63) is 18.0 Å². The second-order valence-corrected chi connectivity index (χ2v) is 6.42. The van der Waals surface area contributed by atoms with Crippen LogP contribution in [-0.2, 0) is 0 Å². The summed E-state index contributed by atoms with van der Waals surface area (Å²) < 4.78 is 1.94. The third kappa shape index (κ3) is 3.88. The fourth-order valence-corrected chi connectivity index (χ4v) is 3.21. The van der Waals surface area contributed by atoms with Crippen LogP contribution < -0.4 is 10.6 Å². The van der Waals surface area contributed by atoms with E-state index in [0.29, 0.717) is 11.7 Å². The Morgan fingerprint density at radius 2 is 2.14 bits per heavy atom. The minimum atomic E-state index is -0.0535. The van der Waals surface area contributed by atoms with Crippen LogP contribution in [0.25, 0.3) is 0 Å². The molecule has 0 radical (unpaired) electrons. The molecule has 0 spiro atoms. The van der Waals surface area contributed by atoms with E-state index in [1.807, 2.05) is 16.9 Å². The fourth-order valence-electron chi connectivity index (χ4n) is 3.21. The Morgan fingerprint density at radius 3 is 2.73 bits per heavy atom. The molecule has 1 atom stereocenters. The maximum absolute atomic E-state index is 12.3. The van der Waals surface area contributed by atoms with E-state index in [-0.39, 0.29) is 11.3 Å². The summed E-state index contributed by atoms with van der Waals surface area (Å²) >= 11 is 0. The van der Waals surface area contributed by atoms with Crippen molar-refractivity contribution in [2.75, 3.05) is 19.6 Å². The van der Waals surface area contributed by atoms with E-state index in [2.05, 4.69) is 36.5 Å². The summed E-state index contributed by atoms with van der Waals surface area (Å²) in [5.74, 6) is -0.0535. The Labute approximate surface area is 133 Å². The summed E-state index contributed by atoms with van der Waals surface area (Å²) in [6.45, 7) is 9.34. The van der Waals surface area contributed by atoms with Gasteiger partial charge >= 0.3 is 0 Å². The van der Waals surface area contributed by atoms with Crippen LogP contribution in [0.15, 0.2) is 12.3 Å². The van der Waals surface area contributed by atoms with Gasteiger partial charge in [0.25, 0.3) is 5.91 Å². The number of piperidine rings is 1. The van der Waals surface area contributed by atoms with E-state index < -0.39 is 0 Å². The van der Waals surface area contributed by atoms with E-state index in [1.165, 1.54) is 0 Å². The molecule has 0 aliphatic carbocycles. The van der Waals surface area contributed by atoms with E-state index in [9.17, 15) is 4.79 Å². The number of rotatable bonds is 7. The van der Waals surface area contributed by atoms with Gasteiger partial charge in [-0.3, -0.25) is 9.48 Å². The maximum atomic E-state index is 12.3. The number of aromatic nitrogens is 2. The lowest BCUT2D eigenvalue weighted by Crippen LogP contribution is -2.37. The van der Waals surface area contributed by atoms with Crippen LogP contribution in [0.1, 0.15) is 69.4 Å². The van der Waals surface area contributed by atoms with E-state index in [1.54, 1.807) is 0 Å². The summed E-state index contributed by atoms with van der Waals surface area (Å²) in [5.41, 5.74) is 0.744. The molecule has 1 aliphatic heterocycles. The highest BCUT2D eigenvalue weighted by Crippen LogP contribution is 2.29. The van der Waals surface area contributed by atoms with Crippen molar-refractivity contribution in [1.82, 2.24) is 20.4 Å². The molecule has 1 aromatic heterocycles. The highest BCUT2D eigenvalue weighted by Gasteiger charge is 2.25. The zero-order valence-corrected chi connectivity index (χ0v) is 14.2. The van der Waals surface area contributed by atoms with Gasteiger partial charge in [-0.1, -0.05) is 20.8 Å². The van der Waals surface area contributed by atoms with E-state index in [0.717, 1.165) is 51.7 Å². The summed E-state index contributed by atoms with van der Waals surface area (Å²) in [6, 6.07) is 2.20. The fraction of sp³-hybridized carbons (Fsp3) is 0.765. The first-order valence-electron chi connectivity index (χ1n) is 8.68. The van der Waals surface area contributed by atoms with Crippen molar-refractivity contribution in [2.45, 2.75) is 58.9 Å². The SMILES string of the molecule is CCC(CC)(CC)CNC(=O)c1ccn(C2CCCNC2)n1. The summed E-state index contributed by atoms with van der Waals surface area (Å²) in [6.07, 6.45) is 7.48. The van der Waals surface area contributed by atoms with Crippen molar-refractivity contribution in [2.24, 2.45) is 5.41 Å². The van der Waals surface area contributed by atoms with Gasteiger partial charge in [0.1, 0.15) is 5.69 Å². The Kier molecular flexibility index (Phi) is 6.00. The first-order chi connectivity index (χ1) is 10.6. The Balaban J connectivity index is 1.94. The lowest BCUT2D eigenvalue weighted by Gasteiger charge is -2.30. The monoisotopic (exact) mass is 306 g/mol. The minimum absolute atomic E-state index is 0.0535. The van der Waals surface area contributed by atoms with Gasteiger partial charge in [0.2, 0.25) is 0 Å². The maximum Gasteiger partial charge on any atom is 0.271 e.